The predicted molar refractivity (Wildman–Crippen MR) is 86.7 cm³/mol. The van der Waals surface area contributed by atoms with Crippen LogP contribution < -0.4 is 5.32 Å². The molecule has 2 aromatic rings. The predicted octanol–water partition coefficient (Wildman–Crippen LogP) is 0.790. The van der Waals surface area contributed by atoms with Crippen LogP contribution in [-0.4, -0.2) is 48.9 Å². The Bertz CT molecular complexity index is 768. The highest BCUT2D eigenvalue weighted by molar-refractivity contribution is 5.89. The third kappa shape index (κ3) is 3.81. The molecule has 1 saturated heterocycles. The van der Waals surface area contributed by atoms with Crippen LogP contribution in [0.4, 0.5) is 0 Å². The summed E-state index contributed by atoms with van der Waals surface area (Å²) in [4.78, 5) is 38.3. The number of nitrogens with one attached hydrogen (secondary N) is 1. The van der Waals surface area contributed by atoms with E-state index in [4.69, 9.17) is 4.52 Å². The summed E-state index contributed by atoms with van der Waals surface area (Å²) in [5.74, 6) is 0.301. The number of carbonyl (C=O) groups excluding carboxylic acids is 2. The Labute approximate surface area is 144 Å². The maximum atomic E-state index is 12.3. The highest BCUT2D eigenvalue weighted by atomic mass is 16.5. The van der Waals surface area contributed by atoms with Gasteiger partial charge in [0, 0.05) is 30.9 Å². The van der Waals surface area contributed by atoms with Crippen molar-refractivity contribution in [3.8, 4) is 11.6 Å². The normalized spacial score (nSPS) is 17.8. The molecule has 1 atom stereocenters. The van der Waals surface area contributed by atoms with Crippen LogP contribution in [0.15, 0.2) is 23.0 Å². The summed E-state index contributed by atoms with van der Waals surface area (Å²) in [7, 11) is 0. The van der Waals surface area contributed by atoms with Gasteiger partial charge in [0.25, 0.3) is 0 Å². The summed E-state index contributed by atoms with van der Waals surface area (Å²) in [6.07, 6.45) is 3.38. The zero-order valence-electron chi connectivity index (χ0n) is 14.4. The fourth-order valence-electron chi connectivity index (χ4n) is 2.67. The molecule has 9 nitrogen and oxygen atoms in total. The number of rotatable bonds is 4. The van der Waals surface area contributed by atoms with Gasteiger partial charge in [0.2, 0.25) is 29.4 Å². The van der Waals surface area contributed by atoms with Crippen molar-refractivity contribution < 1.29 is 14.1 Å². The fourth-order valence-corrected chi connectivity index (χ4v) is 2.67. The minimum Gasteiger partial charge on any atom is -0.347 e. The molecule has 3 heterocycles. The fraction of sp³-hybridized carbons (Fsp3) is 0.500. The Morgan fingerprint density at radius 2 is 2.04 bits per heavy atom. The summed E-state index contributed by atoms with van der Waals surface area (Å²) in [5.41, 5.74) is -0.289. The highest BCUT2D eigenvalue weighted by Gasteiger charge is 2.39. The van der Waals surface area contributed by atoms with Crippen molar-refractivity contribution in [1.29, 1.82) is 0 Å². The van der Waals surface area contributed by atoms with E-state index in [2.05, 4.69) is 25.4 Å². The standard InChI is InChI=1S/C16H20N6O3/c1-16(2,3)22-9-10(7-12(22)23)15(24)19-8-11-20-14(21-25-11)13-17-5-4-6-18-13/h4-6,10H,7-9H2,1-3H3,(H,19,24)/t10-/m0/s1. The molecule has 0 aliphatic carbocycles. The molecule has 2 amide bonds. The van der Waals surface area contributed by atoms with E-state index in [9.17, 15) is 9.59 Å². The number of nitrogens with zero attached hydrogens (tertiary/aromatic N) is 5. The van der Waals surface area contributed by atoms with Gasteiger partial charge < -0.3 is 14.7 Å². The van der Waals surface area contributed by atoms with Gasteiger partial charge in [-0.2, -0.15) is 4.98 Å². The molecule has 1 N–H and O–H groups in total. The number of hydrogen-bond donors (Lipinski definition) is 1. The van der Waals surface area contributed by atoms with Crippen LogP contribution in [-0.2, 0) is 16.1 Å². The third-order valence-electron chi connectivity index (χ3n) is 3.95. The minimum absolute atomic E-state index is 0.00560. The lowest BCUT2D eigenvalue weighted by atomic mass is 10.1. The Balaban J connectivity index is 1.57. The van der Waals surface area contributed by atoms with E-state index in [1.807, 2.05) is 20.8 Å². The lowest BCUT2D eigenvalue weighted by Gasteiger charge is -2.31. The third-order valence-corrected chi connectivity index (χ3v) is 3.95. The lowest BCUT2D eigenvalue weighted by Crippen LogP contribution is -2.43. The quantitative estimate of drug-likeness (QED) is 0.872. The van der Waals surface area contributed by atoms with Gasteiger partial charge in [0.15, 0.2) is 0 Å². The van der Waals surface area contributed by atoms with E-state index in [1.54, 1.807) is 23.4 Å². The Hall–Kier alpha value is -2.84. The number of hydrogen-bond acceptors (Lipinski definition) is 7. The summed E-state index contributed by atoms with van der Waals surface area (Å²) in [6.45, 7) is 6.38. The molecular weight excluding hydrogens is 324 g/mol. The first-order valence-electron chi connectivity index (χ1n) is 8.03. The summed E-state index contributed by atoms with van der Waals surface area (Å²) in [5, 5.41) is 6.54. The van der Waals surface area contributed by atoms with Crippen molar-refractivity contribution in [3.63, 3.8) is 0 Å². The van der Waals surface area contributed by atoms with Gasteiger partial charge in [-0.1, -0.05) is 5.16 Å². The molecule has 1 fully saturated rings. The van der Waals surface area contributed by atoms with Gasteiger partial charge in [-0.25, -0.2) is 9.97 Å². The maximum absolute atomic E-state index is 12.3. The second-order valence-corrected chi connectivity index (χ2v) is 6.88. The Morgan fingerprint density at radius 3 is 2.68 bits per heavy atom. The highest BCUT2D eigenvalue weighted by Crippen LogP contribution is 2.25. The first-order chi connectivity index (χ1) is 11.8. The van der Waals surface area contributed by atoms with Crippen molar-refractivity contribution in [3.05, 3.63) is 24.4 Å². The first kappa shape index (κ1) is 17.0. The van der Waals surface area contributed by atoms with Crippen LogP contribution in [0.2, 0.25) is 0 Å². The molecule has 1 aliphatic heterocycles. The van der Waals surface area contributed by atoms with Crippen molar-refractivity contribution in [2.24, 2.45) is 5.92 Å². The van der Waals surface area contributed by atoms with E-state index in [0.717, 1.165) is 0 Å². The molecule has 132 valence electrons. The summed E-state index contributed by atoms with van der Waals surface area (Å²) in [6, 6.07) is 1.69. The van der Waals surface area contributed by atoms with Crippen LogP contribution in [0.3, 0.4) is 0 Å². The second kappa shape index (κ2) is 6.58. The van der Waals surface area contributed by atoms with Crippen molar-refractivity contribution >= 4 is 11.8 Å². The van der Waals surface area contributed by atoms with E-state index in [-0.39, 0.29) is 48.0 Å². The minimum atomic E-state index is -0.369. The smallest absolute Gasteiger partial charge is 0.246 e. The molecule has 0 radical (unpaired) electrons. The van der Waals surface area contributed by atoms with Gasteiger partial charge in [0.1, 0.15) is 0 Å². The molecule has 1 aliphatic rings. The molecule has 0 bridgehead atoms. The maximum Gasteiger partial charge on any atom is 0.246 e. The van der Waals surface area contributed by atoms with E-state index < -0.39 is 0 Å². The van der Waals surface area contributed by atoms with Crippen LogP contribution in [0, 0.1) is 5.92 Å². The molecule has 0 spiro atoms. The van der Waals surface area contributed by atoms with Gasteiger partial charge in [-0.3, -0.25) is 9.59 Å². The molecule has 25 heavy (non-hydrogen) atoms. The molecule has 2 aromatic heterocycles. The van der Waals surface area contributed by atoms with Crippen LogP contribution in [0.1, 0.15) is 33.1 Å². The van der Waals surface area contributed by atoms with Gasteiger partial charge >= 0.3 is 0 Å². The Morgan fingerprint density at radius 1 is 1.32 bits per heavy atom. The molecular formula is C16H20N6O3. The number of likely N-dealkylation sites (tertiary alicyclic amines) is 1. The van der Waals surface area contributed by atoms with Crippen molar-refractivity contribution in [2.75, 3.05) is 6.54 Å². The SMILES string of the molecule is CC(C)(C)N1C[C@@H](C(=O)NCc2nc(-c3ncccn3)no2)CC1=O. The number of carbonyl (C=O) groups is 2. The van der Waals surface area contributed by atoms with Crippen LogP contribution >= 0.6 is 0 Å². The number of amides is 2. The molecule has 0 unspecified atom stereocenters. The van der Waals surface area contributed by atoms with E-state index >= 15 is 0 Å². The molecule has 0 aromatic carbocycles. The van der Waals surface area contributed by atoms with Gasteiger partial charge in [-0.15, -0.1) is 0 Å². The van der Waals surface area contributed by atoms with Crippen LogP contribution in [0.5, 0.6) is 0 Å². The average molecular weight is 344 g/mol. The zero-order valence-corrected chi connectivity index (χ0v) is 14.4. The summed E-state index contributed by atoms with van der Waals surface area (Å²) < 4.78 is 5.10. The van der Waals surface area contributed by atoms with E-state index in [0.29, 0.717) is 12.4 Å². The van der Waals surface area contributed by atoms with Crippen molar-refractivity contribution in [2.45, 2.75) is 39.3 Å². The largest absolute Gasteiger partial charge is 0.347 e. The zero-order chi connectivity index (χ0) is 18.0. The Kier molecular flexibility index (Phi) is 4.47. The van der Waals surface area contributed by atoms with Gasteiger partial charge in [-0.05, 0) is 26.8 Å². The number of aromatic nitrogens is 4. The summed E-state index contributed by atoms with van der Waals surface area (Å²) >= 11 is 0. The molecule has 3 rings (SSSR count). The topological polar surface area (TPSA) is 114 Å². The van der Waals surface area contributed by atoms with E-state index in [1.165, 1.54) is 0 Å². The average Bonchev–Trinajstić information content (AvgIpc) is 3.20. The lowest BCUT2D eigenvalue weighted by molar-refractivity contribution is -0.132. The molecule has 9 heteroatoms. The van der Waals surface area contributed by atoms with Crippen LogP contribution in [0.25, 0.3) is 11.6 Å². The van der Waals surface area contributed by atoms with Crippen molar-refractivity contribution in [1.82, 2.24) is 30.3 Å². The van der Waals surface area contributed by atoms with Gasteiger partial charge in [0.05, 0.1) is 12.5 Å². The first-order valence-corrected chi connectivity index (χ1v) is 8.03. The second-order valence-electron chi connectivity index (χ2n) is 6.88. The monoisotopic (exact) mass is 344 g/mol. The molecule has 0 saturated carbocycles.